The molecule has 1 fully saturated rings. The Bertz CT molecular complexity index is 308. The summed E-state index contributed by atoms with van der Waals surface area (Å²) in [6.07, 6.45) is 3.04. The van der Waals surface area contributed by atoms with Gasteiger partial charge in [-0.05, 0) is 33.6 Å². The van der Waals surface area contributed by atoms with Gasteiger partial charge in [0.05, 0.1) is 11.3 Å². The molecule has 1 atom stereocenters. The van der Waals surface area contributed by atoms with E-state index in [1.54, 1.807) is 27.7 Å². The summed E-state index contributed by atoms with van der Waals surface area (Å²) in [6, 6.07) is 0. The zero-order valence-corrected chi connectivity index (χ0v) is 11.1. The lowest BCUT2D eigenvalue weighted by molar-refractivity contribution is -0.175. The van der Waals surface area contributed by atoms with Crippen molar-refractivity contribution in [3.8, 4) is 0 Å². The number of carbonyl (C=O) groups is 2. The van der Waals surface area contributed by atoms with Crippen LogP contribution in [0.2, 0.25) is 0 Å². The quantitative estimate of drug-likeness (QED) is 0.773. The highest BCUT2D eigenvalue weighted by Crippen LogP contribution is 2.46. The van der Waals surface area contributed by atoms with Crippen molar-refractivity contribution in [2.45, 2.75) is 59.0 Å². The molecule has 0 saturated heterocycles. The van der Waals surface area contributed by atoms with Crippen LogP contribution >= 0.6 is 0 Å². The van der Waals surface area contributed by atoms with Crippen molar-refractivity contribution < 1.29 is 19.4 Å². The first-order valence-electron chi connectivity index (χ1n) is 6.15. The molecule has 0 aromatic rings. The number of carboxylic acids is 1. The van der Waals surface area contributed by atoms with Gasteiger partial charge in [0.15, 0.2) is 0 Å². The molecule has 4 nitrogen and oxygen atoms in total. The van der Waals surface area contributed by atoms with Gasteiger partial charge in [-0.1, -0.05) is 19.8 Å². The normalized spacial score (nSPS) is 20.9. The highest BCUT2D eigenvalue weighted by molar-refractivity contribution is 5.85. The van der Waals surface area contributed by atoms with Gasteiger partial charge in [-0.2, -0.15) is 0 Å². The SMILES string of the molecule is CC(C(=O)O)C1(C(=O)OC(C)(C)C)CCCC1. The van der Waals surface area contributed by atoms with Gasteiger partial charge in [0, 0.05) is 0 Å². The molecule has 98 valence electrons. The predicted molar refractivity (Wildman–Crippen MR) is 63.5 cm³/mol. The summed E-state index contributed by atoms with van der Waals surface area (Å²) in [5.74, 6) is -1.95. The first kappa shape index (κ1) is 14.0. The Hall–Kier alpha value is -1.06. The molecule has 0 amide bonds. The Kier molecular flexibility index (Phi) is 3.84. The van der Waals surface area contributed by atoms with Gasteiger partial charge >= 0.3 is 11.9 Å². The van der Waals surface area contributed by atoms with Gasteiger partial charge in [0.2, 0.25) is 0 Å². The molecule has 1 aliphatic rings. The lowest BCUT2D eigenvalue weighted by atomic mass is 9.74. The number of carbonyl (C=O) groups excluding carboxylic acids is 1. The van der Waals surface area contributed by atoms with E-state index in [2.05, 4.69) is 0 Å². The van der Waals surface area contributed by atoms with Gasteiger partial charge in [0.1, 0.15) is 5.60 Å². The summed E-state index contributed by atoms with van der Waals surface area (Å²) < 4.78 is 5.39. The largest absolute Gasteiger partial charge is 0.481 e. The zero-order valence-electron chi connectivity index (χ0n) is 11.1. The summed E-state index contributed by atoms with van der Waals surface area (Å²) >= 11 is 0. The van der Waals surface area contributed by atoms with Crippen LogP contribution in [0.15, 0.2) is 0 Å². The van der Waals surface area contributed by atoms with Crippen LogP contribution < -0.4 is 0 Å². The minimum atomic E-state index is -0.919. The molecule has 1 saturated carbocycles. The van der Waals surface area contributed by atoms with E-state index in [1.807, 2.05) is 0 Å². The molecule has 0 aromatic heterocycles. The van der Waals surface area contributed by atoms with Gasteiger partial charge in [0.25, 0.3) is 0 Å². The van der Waals surface area contributed by atoms with Crippen molar-refractivity contribution in [1.82, 2.24) is 0 Å². The molecule has 0 radical (unpaired) electrons. The maximum Gasteiger partial charge on any atom is 0.313 e. The maximum absolute atomic E-state index is 12.2. The van der Waals surface area contributed by atoms with E-state index in [0.29, 0.717) is 12.8 Å². The monoisotopic (exact) mass is 242 g/mol. The van der Waals surface area contributed by atoms with Crippen LogP contribution in [-0.4, -0.2) is 22.6 Å². The van der Waals surface area contributed by atoms with Crippen LogP contribution in [0.3, 0.4) is 0 Å². The van der Waals surface area contributed by atoms with Crippen molar-refractivity contribution in [1.29, 1.82) is 0 Å². The standard InChI is InChI=1S/C13H22O4/c1-9(10(14)15)13(7-5-6-8-13)11(16)17-12(2,3)4/h9H,5-8H2,1-4H3,(H,14,15). The van der Waals surface area contributed by atoms with Crippen molar-refractivity contribution in [2.24, 2.45) is 11.3 Å². The Morgan fingerprint density at radius 2 is 1.71 bits per heavy atom. The molecular formula is C13H22O4. The molecule has 1 N–H and O–H groups in total. The predicted octanol–water partition coefficient (Wildman–Crippen LogP) is 2.61. The molecule has 0 spiro atoms. The van der Waals surface area contributed by atoms with E-state index in [-0.39, 0.29) is 5.97 Å². The first-order valence-corrected chi connectivity index (χ1v) is 6.15. The molecular weight excluding hydrogens is 220 g/mol. The fourth-order valence-electron chi connectivity index (χ4n) is 2.44. The third kappa shape index (κ3) is 2.99. The Balaban J connectivity index is 2.92. The van der Waals surface area contributed by atoms with Crippen molar-refractivity contribution in [2.75, 3.05) is 0 Å². The lowest BCUT2D eigenvalue weighted by Gasteiger charge is -2.33. The molecule has 1 unspecified atom stereocenters. The van der Waals surface area contributed by atoms with Crippen LogP contribution in [0.25, 0.3) is 0 Å². The Morgan fingerprint density at radius 1 is 1.24 bits per heavy atom. The van der Waals surface area contributed by atoms with Crippen LogP contribution in [-0.2, 0) is 14.3 Å². The number of hydrogen-bond donors (Lipinski definition) is 1. The fraction of sp³-hybridized carbons (Fsp3) is 0.846. The van der Waals surface area contributed by atoms with Crippen LogP contribution in [0.4, 0.5) is 0 Å². The number of hydrogen-bond acceptors (Lipinski definition) is 3. The lowest BCUT2D eigenvalue weighted by Crippen LogP contribution is -2.43. The van der Waals surface area contributed by atoms with E-state index < -0.39 is 22.9 Å². The second-order valence-corrected chi connectivity index (χ2v) is 5.93. The van der Waals surface area contributed by atoms with E-state index in [9.17, 15) is 9.59 Å². The van der Waals surface area contributed by atoms with Gasteiger partial charge in [-0.3, -0.25) is 9.59 Å². The zero-order chi connectivity index (χ0) is 13.3. The molecule has 17 heavy (non-hydrogen) atoms. The second-order valence-electron chi connectivity index (χ2n) is 5.93. The van der Waals surface area contributed by atoms with E-state index in [1.165, 1.54) is 0 Å². The number of aliphatic carboxylic acids is 1. The van der Waals surface area contributed by atoms with Gasteiger partial charge < -0.3 is 9.84 Å². The maximum atomic E-state index is 12.2. The molecule has 1 aliphatic carbocycles. The van der Waals surface area contributed by atoms with Crippen LogP contribution in [0.5, 0.6) is 0 Å². The van der Waals surface area contributed by atoms with Crippen LogP contribution in [0, 0.1) is 11.3 Å². The van der Waals surface area contributed by atoms with Gasteiger partial charge in [-0.25, -0.2) is 0 Å². The van der Waals surface area contributed by atoms with Crippen LogP contribution in [0.1, 0.15) is 53.4 Å². The third-order valence-electron chi connectivity index (χ3n) is 3.50. The fourth-order valence-corrected chi connectivity index (χ4v) is 2.44. The molecule has 0 heterocycles. The van der Waals surface area contributed by atoms with Crippen molar-refractivity contribution >= 4 is 11.9 Å². The minimum Gasteiger partial charge on any atom is -0.481 e. The summed E-state index contributed by atoms with van der Waals surface area (Å²) in [4.78, 5) is 23.4. The number of rotatable bonds is 3. The Morgan fingerprint density at radius 3 is 2.06 bits per heavy atom. The first-order chi connectivity index (χ1) is 7.69. The average molecular weight is 242 g/mol. The molecule has 4 heteroatoms. The summed E-state index contributed by atoms with van der Waals surface area (Å²) in [6.45, 7) is 7.02. The smallest absolute Gasteiger partial charge is 0.313 e. The summed E-state index contributed by atoms with van der Waals surface area (Å²) in [5.41, 5.74) is -1.38. The molecule has 0 aromatic carbocycles. The summed E-state index contributed by atoms with van der Waals surface area (Å²) in [5, 5.41) is 9.15. The van der Waals surface area contributed by atoms with E-state index in [4.69, 9.17) is 9.84 Å². The summed E-state index contributed by atoms with van der Waals surface area (Å²) in [7, 11) is 0. The van der Waals surface area contributed by atoms with E-state index in [0.717, 1.165) is 12.8 Å². The highest BCUT2D eigenvalue weighted by atomic mass is 16.6. The number of ether oxygens (including phenoxy) is 1. The number of carboxylic acid groups (broad SMARTS) is 1. The number of esters is 1. The van der Waals surface area contributed by atoms with Crippen molar-refractivity contribution in [3.63, 3.8) is 0 Å². The molecule has 1 rings (SSSR count). The molecule has 0 bridgehead atoms. The topological polar surface area (TPSA) is 63.6 Å². The Labute approximate surface area is 102 Å². The highest BCUT2D eigenvalue weighted by Gasteiger charge is 2.50. The molecule has 0 aliphatic heterocycles. The van der Waals surface area contributed by atoms with Crippen molar-refractivity contribution in [3.05, 3.63) is 0 Å². The minimum absolute atomic E-state index is 0.350. The average Bonchev–Trinajstić information content (AvgIpc) is 2.63. The van der Waals surface area contributed by atoms with E-state index >= 15 is 0 Å². The third-order valence-corrected chi connectivity index (χ3v) is 3.50. The van der Waals surface area contributed by atoms with Gasteiger partial charge in [-0.15, -0.1) is 0 Å². The second kappa shape index (κ2) is 4.67.